The Morgan fingerprint density at radius 3 is 2.88 bits per heavy atom. The molecular formula is C16H20S. The van der Waals surface area contributed by atoms with Crippen LogP contribution in [0.15, 0.2) is 29.2 Å². The lowest BCUT2D eigenvalue weighted by Gasteiger charge is -2.10. The molecule has 0 aliphatic carbocycles. The van der Waals surface area contributed by atoms with Gasteiger partial charge < -0.3 is 0 Å². The van der Waals surface area contributed by atoms with Gasteiger partial charge in [-0.1, -0.05) is 25.5 Å². The zero-order valence-electron chi connectivity index (χ0n) is 11.1. The average Bonchev–Trinajstić information content (AvgIpc) is 2.75. The van der Waals surface area contributed by atoms with Crippen LogP contribution in [-0.4, -0.2) is 0 Å². The van der Waals surface area contributed by atoms with Crippen LogP contribution in [0.5, 0.6) is 0 Å². The van der Waals surface area contributed by atoms with E-state index in [4.69, 9.17) is 0 Å². The van der Waals surface area contributed by atoms with E-state index < -0.39 is 0 Å². The lowest BCUT2D eigenvalue weighted by Crippen LogP contribution is -1.93. The number of aryl methyl sites for hydroxylation is 1. The molecule has 17 heavy (non-hydrogen) atoms. The molecule has 0 nitrogen and oxygen atoms in total. The molecule has 1 aromatic carbocycles. The maximum atomic E-state index is 2.35. The highest BCUT2D eigenvalue weighted by Gasteiger charge is 2.04. The summed E-state index contributed by atoms with van der Waals surface area (Å²) in [7, 11) is 0. The third-order valence-electron chi connectivity index (χ3n) is 3.61. The molecule has 0 fully saturated rings. The molecule has 0 spiro atoms. The minimum Gasteiger partial charge on any atom is -0.144 e. The lowest BCUT2D eigenvalue weighted by molar-refractivity contribution is 0.660. The quantitative estimate of drug-likeness (QED) is 0.653. The van der Waals surface area contributed by atoms with Crippen LogP contribution in [0.2, 0.25) is 0 Å². The number of benzene rings is 1. The normalized spacial score (nSPS) is 14.2. The monoisotopic (exact) mass is 244 g/mol. The number of fused-ring (bicyclic) bond motifs is 1. The molecule has 0 amide bonds. The van der Waals surface area contributed by atoms with Crippen molar-refractivity contribution >= 4 is 27.5 Å². The second kappa shape index (κ2) is 5.05. The Kier molecular flexibility index (Phi) is 3.68. The topological polar surface area (TPSA) is 0 Å². The van der Waals surface area contributed by atoms with Crippen molar-refractivity contribution in [2.45, 2.75) is 34.1 Å². The van der Waals surface area contributed by atoms with Gasteiger partial charge in [0.2, 0.25) is 0 Å². The number of allylic oxidation sites excluding steroid dienone is 1. The molecule has 1 atom stereocenters. The van der Waals surface area contributed by atoms with Crippen molar-refractivity contribution in [2.24, 2.45) is 5.92 Å². The first-order valence-corrected chi connectivity index (χ1v) is 7.15. The number of hydrogen-bond acceptors (Lipinski definition) is 1. The Balaban J connectivity index is 2.44. The van der Waals surface area contributed by atoms with Crippen molar-refractivity contribution in [1.82, 2.24) is 0 Å². The summed E-state index contributed by atoms with van der Waals surface area (Å²) < 4.78 is 1.39. The van der Waals surface area contributed by atoms with Crippen LogP contribution in [-0.2, 0) is 0 Å². The third kappa shape index (κ3) is 2.61. The second-order valence-electron chi connectivity index (χ2n) is 4.86. The molecule has 1 heteroatoms. The summed E-state index contributed by atoms with van der Waals surface area (Å²) in [5.41, 5.74) is 4.22. The third-order valence-corrected chi connectivity index (χ3v) is 4.49. The van der Waals surface area contributed by atoms with Crippen LogP contribution in [0.25, 0.3) is 16.2 Å². The van der Waals surface area contributed by atoms with Gasteiger partial charge in [0.1, 0.15) is 0 Å². The number of hydrogen-bond donors (Lipinski definition) is 0. The summed E-state index contributed by atoms with van der Waals surface area (Å²) in [6.45, 7) is 8.99. The summed E-state index contributed by atoms with van der Waals surface area (Å²) >= 11 is 1.82. The van der Waals surface area contributed by atoms with Gasteiger partial charge in [-0.3, -0.25) is 0 Å². The fourth-order valence-corrected chi connectivity index (χ4v) is 2.86. The molecule has 90 valence electrons. The first-order chi connectivity index (χ1) is 8.11. The van der Waals surface area contributed by atoms with E-state index in [0.29, 0.717) is 5.92 Å². The maximum absolute atomic E-state index is 2.35. The average molecular weight is 244 g/mol. The molecule has 0 aliphatic rings. The molecule has 0 aliphatic heterocycles. The SMILES string of the molecule is CCC(C)/C(C)=C\c1cc2ccsc2cc1C. The Hall–Kier alpha value is -1.08. The molecule has 0 N–H and O–H groups in total. The predicted octanol–water partition coefficient (Wildman–Crippen LogP) is 5.66. The van der Waals surface area contributed by atoms with Crippen molar-refractivity contribution in [2.75, 3.05) is 0 Å². The van der Waals surface area contributed by atoms with Gasteiger partial charge in [-0.25, -0.2) is 0 Å². The molecular weight excluding hydrogens is 224 g/mol. The molecule has 0 radical (unpaired) electrons. The minimum absolute atomic E-state index is 0.674. The zero-order valence-corrected chi connectivity index (χ0v) is 11.9. The highest BCUT2D eigenvalue weighted by molar-refractivity contribution is 7.17. The standard InChI is InChI=1S/C16H20S/c1-5-11(2)12(3)8-15-10-14-6-7-17-16(14)9-13(15)4/h6-11H,5H2,1-4H3/b12-8-. The van der Waals surface area contributed by atoms with Gasteiger partial charge in [0.25, 0.3) is 0 Å². The van der Waals surface area contributed by atoms with Gasteiger partial charge in [0.05, 0.1) is 0 Å². The molecule has 0 saturated heterocycles. The fraction of sp³-hybridized carbons (Fsp3) is 0.375. The van der Waals surface area contributed by atoms with Crippen LogP contribution >= 0.6 is 11.3 Å². The van der Waals surface area contributed by atoms with E-state index in [1.165, 1.54) is 33.2 Å². The number of rotatable bonds is 3. The number of thiophene rings is 1. The molecule has 1 heterocycles. The highest BCUT2D eigenvalue weighted by Crippen LogP contribution is 2.27. The van der Waals surface area contributed by atoms with Crippen LogP contribution in [0, 0.1) is 12.8 Å². The van der Waals surface area contributed by atoms with Gasteiger partial charge >= 0.3 is 0 Å². The molecule has 1 aromatic heterocycles. The minimum atomic E-state index is 0.674. The Bertz CT molecular complexity index is 546. The van der Waals surface area contributed by atoms with E-state index in [1.54, 1.807) is 0 Å². The summed E-state index contributed by atoms with van der Waals surface area (Å²) in [5.74, 6) is 0.674. The van der Waals surface area contributed by atoms with E-state index in [9.17, 15) is 0 Å². The van der Waals surface area contributed by atoms with Crippen molar-refractivity contribution in [3.63, 3.8) is 0 Å². The molecule has 2 aromatic rings. The van der Waals surface area contributed by atoms with Gasteiger partial charge in [0, 0.05) is 4.70 Å². The van der Waals surface area contributed by atoms with Crippen LogP contribution in [0.4, 0.5) is 0 Å². The van der Waals surface area contributed by atoms with E-state index in [0.717, 1.165) is 0 Å². The van der Waals surface area contributed by atoms with Gasteiger partial charge in [-0.05, 0) is 66.3 Å². The predicted molar refractivity (Wildman–Crippen MR) is 79.7 cm³/mol. The Morgan fingerprint density at radius 1 is 1.41 bits per heavy atom. The smallest absolute Gasteiger partial charge is 0.0345 e. The van der Waals surface area contributed by atoms with Crippen molar-refractivity contribution < 1.29 is 0 Å². The van der Waals surface area contributed by atoms with Gasteiger partial charge in [0.15, 0.2) is 0 Å². The summed E-state index contributed by atoms with van der Waals surface area (Å²) in [4.78, 5) is 0. The lowest BCUT2D eigenvalue weighted by atomic mass is 9.96. The van der Waals surface area contributed by atoms with E-state index in [-0.39, 0.29) is 0 Å². The van der Waals surface area contributed by atoms with E-state index in [1.807, 2.05) is 11.3 Å². The first kappa shape index (κ1) is 12.4. The van der Waals surface area contributed by atoms with Crippen molar-refractivity contribution in [3.8, 4) is 0 Å². The zero-order chi connectivity index (χ0) is 12.4. The highest BCUT2D eigenvalue weighted by atomic mass is 32.1. The van der Waals surface area contributed by atoms with Crippen LogP contribution < -0.4 is 0 Å². The summed E-state index contributed by atoms with van der Waals surface area (Å²) in [6, 6.07) is 6.82. The second-order valence-corrected chi connectivity index (χ2v) is 5.81. The van der Waals surface area contributed by atoms with E-state index in [2.05, 4.69) is 57.4 Å². The van der Waals surface area contributed by atoms with Gasteiger partial charge in [-0.2, -0.15) is 0 Å². The molecule has 0 saturated carbocycles. The maximum Gasteiger partial charge on any atom is 0.0345 e. The summed E-state index contributed by atoms with van der Waals surface area (Å²) in [6.07, 6.45) is 3.56. The van der Waals surface area contributed by atoms with Crippen molar-refractivity contribution in [3.05, 3.63) is 40.3 Å². The van der Waals surface area contributed by atoms with Crippen LogP contribution in [0.1, 0.15) is 38.3 Å². The fourth-order valence-electron chi connectivity index (χ4n) is 1.99. The molecule has 2 rings (SSSR count). The largest absolute Gasteiger partial charge is 0.144 e. The van der Waals surface area contributed by atoms with Crippen molar-refractivity contribution in [1.29, 1.82) is 0 Å². The Morgan fingerprint density at radius 2 is 2.18 bits per heavy atom. The summed E-state index contributed by atoms with van der Waals surface area (Å²) in [5, 5.41) is 3.53. The van der Waals surface area contributed by atoms with Gasteiger partial charge in [-0.15, -0.1) is 11.3 Å². The Labute approximate surface area is 108 Å². The van der Waals surface area contributed by atoms with E-state index >= 15 is 0 Å². The van der Waals surface area contributed by atoms with Crippen LogP contribution in [0.3, 0.4) is 0 Å². The first-order valence-electron chi connectivity index (χ1n) is 6.28. The molecule has 1 unspecified atom stereocenters. The molecule has 0 bridgehead atoms.